The van der Waals surface area contributed by atoms with Crippen molar-refractivity contribution in [1.82, 2.24) is 4.90 Å². The van der Waals surface area contributed by atoms with E-state index in [1.54, 1.807) is 4.90 Å². The van der Waals surface area contributed by atoms with Gasteiger partial charge in [-0.2, -0.15) is 0 Å². The molecule has 0 radical (unpaired) electrons. The van der Waals surface area contributed by atoms with Crippen LogP contribution in [0.1, 0.15) is 32.3 Å². The van der Waals surface area contributed by atoms with Gasteiger partial charge in [0.2, 0.25) is 0 Å². The van der Waals surface area contributed by atoms with E-state index in [1.807, 2.05) is 51.1 Å². The summed E-state index contributed by atoms with van der Waals surface area (Å²) in [7, 11) is 0. The highest BCUT2D eigenvalue weighted by Crippen LogP contribution is 2.26. The van der Waals surface area contributed by atoms with Crippen molar-refractivity contribution in [1.29, 1.82) is 0 Å². The molecule has 0 aromatic heterocycles. The van der Waals surface area contributed by atoms with Gasteiger partial charge in [-0.25, -0.2) is 4.79 Å². The maximum absolute atomic E-state index is 12.3. The molecule has 22 heavy (non-hydrogen) atoms. The normalized spacial score (nSPS) is 23.0. The molecule has 0 aliphatic carbocycles. The van der Waals surface area contributed by atoms with E-state index >= 15 is 0 Å². The van der Waals surface area contributed by atoms with Gasteiger partial charge in [0.15, 0.2) is 0 Å². The van der Waals surface area contributed by atoms with Crippen LogP contribution >= 0.6 is 0 Å². The standard InChI is InChI=1S/C17H25NO4/c1-17(2,3)22-16(20)18-9-10-21-15(12-19)14(11-18)13-7-5-4-6-8-13/h4-8,14-15,19H,9-12H2,1-3H3/t14-,15+/m0/s1. The quantitative estimate of drug-likeness (QED) is 0.911. The molecule has 5 heteroatoms. The molecular weight excluding hydrogens is 282 g/mol. The summed E-state index contributed by atoms with van der Waals surface area (Å²) in [5.41, 5.74) is 0.528. The van der Waals surface area contributed by atoms with E-state index in [0.717, 1.165) is 5.56 Å². The Morgan fingerprint density at radius 3 is 2.64 bits per heavy atom. The third-order valence-corrected chi connectivity index (χ3v) is 3.62. The number of hydrogen-bond donors (Lipinski definition) is 1. The van der Waals surface area contributed by atoms with Crippen LogP contribution in [0, 0.1) is 0 Å². The van der Waals surface area contributed by atoms with Gasteiger partial charge in [0.05, 0.1) is 19.3 Å². The van der Waals surface area contributed by atoms with E-state index < -0.39 is 5.60 Å². The lowest BCUT2D eigenvalue weighted by Gasteiger charge is -2.29. The Morgan fingerprint density at radius 1 is 1.36 bits per heavy atom. The summed E-state index contributed by atoms with van der Waals surface area (Å²) in [5, 5.41) is 9.60. The Morgan fingerprint density at radius 2 is 2.05 bits per heavy atom. The fourth-order valence-corrected chi connectivity index (χ4v) is 2.57. The van der Waals surface area contributed by atoms with Crippen LogP contribution < -0.4 is 0 Å². The number of aliphatic hydroxyl groups excluding tert-OH is 1. The summed E-state index contributed by atoms with van der Waals surface area (Å²) in [6.45, 7) is 6.83. The smallest absolute Gasteiger partial charge is 0.410 e. The molecule has 1 amide bonds. The summed E-state index contributed by atoms with van der Waals surface area (Å²) in [5.74, 6) is -0.0683. The minimum Gasteiger partial charge on any atom is -0.444 e. The number of hydrogen-bond acceptors (Lipinski definition) is 4. The number of rotatable bonds is 2. The minimum atomic E-state index is -0.525. The van der Waals surface area contributed by atoms with E-state index in [4.69, 9.17) is 9.47 Å². The van der Waals surface area contributed by atoms with Crippen molar-refractivity contribution in [3.63, 3.8) is 0 Å². The van der Waals surface area contributed by atoms with E-state index in [9.17, 15) is 9.90 Å². The summed E-state index contributed by atoms with van der Waals surface area (Å²) in [4.78, 5) is 14.0. The SMILES string of the molecule is CC(C)(C)OC(=O)N1CCO[C@H](CO)[C@H](c2ccccc2)C1. The zero-order valence-electron chi connectivity index (χ0n) is 13.5. The van der Waals surface area contributed by atoms with Crippen LogP contribution in [0.15, 0.2) is 30.3 Å². The van der Waals surface area contributed by atoms with Crippen LogP contribution in [0.4, 0.5) is 4.79 Å². The van der Waals surface area contributed by atoms with E-state index in [-0.39, 0.29) is 24.7 Å². The fraction of sp³-hybridized carbons (Fsp3) is 0.588. The second-order valence-electron chi connectivity index (χ2n) is 6.54. The van der Waals surface area contributed by atoms with E-state index in [0.29, 0.717) is 19.7 Å². The minimum absolute atomic E-state index is 0.0677. The highest BCUT2D eigenvalue weighted by atomic mass is 16.6. The van der Waals surface area contributed by atoms with Crippen LogP contribution in [-0.4, -0.2) is 54.1 Å². The molecule has 2 atom stereocenters. The molecule has 0 bridgehead atoms. The van der Waals surface area contributed by atoms with Gasteiger partial charge in [-0.05, 0) is 26.3 Å². The van der Waals surface area contributed by atoms with Gasteiger partial charge in [0, 0.05) is 19.0 Å². The Bertz CT molecular complexity index is 483. The zero-order chi connectivity index (χ0) is 16.2. The fourth-order valence-electron chi connectivity index (χ4n) is 2.57. The number of ether oxygens (including phenoxy) is 2. The number of amides is 1. The molecule has 1 fully saturated rings. The highest BCUT2D eigenvalue weighted by Gasteiger charge is 2.32. The van der Waals surface area contributed by atoms with Crippen molar-refractivity contribution < 1.29 is 19.4 Å². The molecule has 0 spiro atoms. The van der Waals surface area contributed by atoms with Crippen LogP contribution in [-0.2, 0) is 9.47 Å². The number of benzene rings is 1. The second-order valence-corrected chi connectivity index (χ2v) is 6.54. The van der Waals surface area contributed by atoms with Crippen LogP contribution in [0.5, 0.6) is 0 Å². The Balaban J connectivity index is 2.17. The first-order valence-electron chi connectivity index (χ1n) is 7.66. The lowest BCUT2D eigenvalue weighted by Crippen LogP contribution is -2.40. The number of carbonyl (C=O) groups is 1. The monoisotopic (exact) mass is 307 g/mol. The lowest BCUT2D eigenvalue weighted by atomic mass is 9.93. The molecule has 5 nitrogen and oxygen atoms in total. The Labute approximate surface area is 131 Å². The molecular formula is C17H25NO4. The largest absolute Gasteiger partial charge is 0.444 e. The maximum atomic E-state index is 12.3. The first kappa shape index (κ1) is 16.8. The molecule has 1 aliphatic rings. The average molecular weight is 307 g/mol. The first-order chi connectivity index (χ1) is 10.4. The van der Waals surface area contributed by atoms with Crippen molar-refractivity contribution in [3.05, 3.63) is 35.9 Å². The summed E-state index contributed by atoms with van der Waals surface area (Å²) in [6.07, 6.45) is -0.648. The summed E-state index contributed by atoms with van der Waals surface area (Å²) < 4.78 is 11.2. The van der Waals surface area contributed by atoms with Gasteiger partial charge in [0.25, 0.3) is 0 Å². The van der Waals surface area contributed by atoms with E-state index in [2.05, 4.69) is 0 Å². The highest BCUT2D eigenvalue weighted by molar-refractivity contribution is 5.68. The van der Waals surface area contributed by atoms with Gasteiger partial charge < -0.3 is 19.5 Å². The van der Waals surface area contributed by atoms with Gasteiger partial charge in [-0.3, -0.25) is 0 Å². The molecule has 1 heterocycles. The van der Waals surface area contributed by atoms with Crippen molar-refractivity contribution in [2.24, 2.45) is 0 Å². The molecule has 2 rings (SSSR count). The third-order valence-electron chi connectivity index (χ3n) is 3.62. The Kier molecular flexibility index (Phi) is 5.42. The summed E-state index contributed by atoms with van der Waals surface area (Å²) in [6, 6.07) is 9.84. The number of carbonyl (C=O) groups excluding carboxylic acids is 1. The number of nitrogens with zero attached hydrogens (tertiary/aromatic N) is 1. The summed E-state index contributed by atoms with van der Waals surface area (Å²) >= 11 is 0. The van der Waals surface area contributed by atoms with Crippen LogP contribution in [0.3, 0.4) is 0 Å². The lowest BCUT2D eigenvalue weighted by molar-refractivity contribution is 0.00925. The van der Waals surface area contributed by atoms with Crippen LogP contribution in [0.25, 0.3) is 0 Å². The molecule has 0 unspecified atom stereocenters. The van der Waals surface area contributed by atoms with Crippen molar-refractivity contribution in [3.8, 4) is 0 Å². The molecule has 1 aliphatic heterocycles. The number of aliphatic hydroxyl groups is 1. The predicted molar refractivity (Wildman–Crippen MR) is 83.8 cm³/mol. The topological polar surface area (TPSA) is 59.0 Å². The first-order valence-corrected chi connectivity index (χ1v) is 7.66. The maximum Gasteiger partial charge on any atom is 0.410 e. The third kappa shape index (κ3) is 4.45. The van der Waals surface area contributed by atoms with Gasteiger partial charge in [-0.15, -0.1) is 0 Å². The van der Waals surface area contributed by atoms with Crippen molar-refractivity contribution >= 4 is 6.09 Å². The molecule has 1 saturated heterocycles. The van der Waals surface area contributed by atoms with Gasteiger partial charge >= 0.3 is 6.09 Å². The Hall–Kier alpha value is -1.59. The van der Waals surface area contributed by atoms with Crippen molar-refractivity contribution in [2.45, 2.75) is 38.4 Å². The van der Waals surface area contributed by atoms with Gasteiger partial charge in [-0.1, -0.05) is 30.3 Å². The molecule has 1 N–H and O–H groups in total. The molecule has 122 valence electrons. The van der Waals surface area contributed by atoms with Crippen molar-refractivity contribution in [2.75, 3.05) is 26.3 Å². The zero-order valence-corrected chi connectivity index (χ0v) is 13.5. The van der Waals surface area contributed by atoms with Crippen LogP contribution in [0.2, 0.25) is 0 Å². The van der Waals surface area contributed by atoms with Gasteiger partial charge in [0.1, 0.15) is 5.60 Å². The predicted octanol–water partition coefficient (Wildman–Crippen LogP) is 2.40. The average Bonchev–Trinajstić information content (AvgIpc) is 2.68. The molecule has 0 saturated carbocycles. The molecule has 1 aromatic carbocycles. The van der Waals surface area contributed by atoms with E-state index in [1.165, 1.54) is 0 Å². The molecule has 1 aromatic rings. The second kappa shape index (κ2) is 7.11.